The number of allylic oxidation sites excluding steroid dienone is 3. The van der Waals surface area contributed by atoms with Crippen LogP contribution in [-0.4, -0.2) is 70.2 Å². The van der Waals surface area contributed by atoms with Gasteiger partial charge in [-0.25, -0.2) is 4.99 Å². The number of carbonyl (C=O) groups is 1. The van der Waals surface area contributed by atoms with Crippen LogP contribution in [0.5, 0.6) is 17.2 Å². The highest BCUT2D eigenvalue weighted by atomic mass is 16.5. The van der Waals surface area contributed by atoms with E-state index in [1.165, 1.54) is 29.5 Å². The van der Waals surface area contributed by atoms with Crippen molar-refractivity contribution in [1.82, 2.24) is 5.32 Å². The van der Waals surface area contributed by atoms with E-state index < -0.39 is 0 Å². The summed E-state index contributed by atoms with van der Waals surface area (Å²) < 4.78 is 14.1. The van der Waals surface area contributed by atoms with Gasteiger partial charge in [0.2, 0.25) is 0 Å². The smallest absolute Gasteiger partial charge is 0.189 e. The van der Waals surface area contributed by atoms with Crippen LogP contribution in [0.4, 0.5) is 0 Å². The SMILES string of the molecule is CCC(CCO)C(=CC(=O)CCc1cc(OC2CCCC2)c(O)c2c1C#CCC1CC3C=C4C(CC(C)CC4C2C3COC2CCCCC2)c2cc(O)cc(c2)Cc2cccc(c2)C2(CCCCC2)NC(N)=N1)CO. The first kappa shape index (κ1) is 53.3. The fourth-order valence-electron chi connectivity index (χ4n) is 15.1. The van der Waals surface area contributed by atoms with E-state index in [4.69, 9.17) is 20.2 Å². The lowest BCUT2D eigenvalue weighted by Crippen LogP contribution is -2.50. The van der Waals surface area contributed by atoms with Crippen LogP contribution < -0.4 is 15.8 Å². The third-order valence-electron chi connectivity index (χ3n) is 18.8. The summed E-state index contributed by atoms with van der Waals surface area (Å²) >= 11 is 0. The number of hydrogen-bond acceptors (Lipinski definition) is 10. The number of rotatable bonds is 14. The first-order valence-corrected chi connectivity index (χ1v) is 29.4. The van der Waals surface area contributed by atoms with E-state index in [9.17, 15) is 25.2 Å². The topological polar surface area (TPSA) is 167 Å². The van der Waals surface area contributed by atoms with Gasteiger partial charge in [-0.15, -0.1) is 0 Å². The van der Waals surface area contributed by atoms with Gasteiger partial charge >= 0.3 is 0 Å². The van der Waals surface area contributed by atoms with Gasteiger partial charge in [0.15, 0.2) is 23.2 Å². The van der Waals surface area contributed by atoms with E-state index in [2.05, 4.69) is 60.5 Å². The highest BCUT2D eigenvalue weighted by molar-refractivity contribution is 5.90. The van der Waals surface area contributed by atoms with Gasteiger partial charge in [0.05, 0.1) is 37.0 Å². The number of carbonyl (C=O) groups excluding carboxylic acids is 1. The molecular weight excluding hydrogens is 935 g/mol. The first-order chi connectivity index (χ1) is 36.5. The number of hydrogen-bond donors (Lipinski definition) is 6. The fraction of sp³-hybridized carbons (Fsp3) is 0.600. The Balaban J connectivity index is 1.18. The molecule has 0 radical (unpaired) electrons. The largest absolute Gasteiger partial charge is 0.508 e. The number of aliphatic hydroxyl groups is 2. The number of nitrogens with one attached hydrogen (secondary N) is 1. The quantitative estimate of drug-likeness (QED) is 0.0523. The molecule has 75 heavy (non-hydrogen) atoms. The molecular formula is C65H85N3O7. The molecule has 3 aromatic carbocycles. The zero-order valence-corrected chi connectivity index (χ0v) is 45.0. The molecule has 3 aromatic rings. The molecule has 0 saturated heterocycles. The number of nitrogens with zero attached hydrogens (tertiary/aromatic N) is 1. The molecule has 10 nitrogen and oxygen atoms in total. The van der Waals surface area contributed by atoms with Crippen LogP contribution in [0.1, 0.15) is 199 Å². The average Bonchev–Trinajstić information content (AvgIpc) is 3.93. The Hall–Kier alpha value is -5.08. The lowest BCUT2D eigenvalue weighted by atomic mass is 9.55. The fourth-order valence-corrected chi connectivity index (χ4v) is 15.1. The Kier molecular flexibility index (Phi) is 17.1. The number of ether oxygens (including phenoxy) is 2. The predicted molar refractivity (Wildman–Crippen MR) is 297 cm³/mol. The maximum atomic E-state index is 14.1. The molecule has 8 atom stereocenters. The molecule has 4 saturated carbocycles. The molecule has 7 N–H and O–H groups in total. The number of phenolic OH excluding ortho intramolecular Hbond substituents is 2. The van der Waals surface area contributed by atoms with E-state index in [-0.39, 0.29) is 96.2 Å². The molecule has 0 aromatic heterocycles. The number of nitrogens with two attached hydrogens (primary N) is 1. The summed E-state index contributed by atoms with van der Waals surface area (Å²) in [6.07, 6.45) is 24.6. The maximum absolute atomic E-state index is 14.1. The van der Waals surface area contributed by atoms with Crippen molar-refractivity contribution >= 4 is 11.7 Å². The van der Waals surface area contributed by atoms with Crippen molar-refractivity contribution < 1.29 is 34.7 Å². The predicted octanol–water partition coefficient (Wildman–Crippen LogP) is 11.9. The summed E-state index contributed by atoms with van der Waals surface area (Å²) in [6, 6.07) is 17.0. The third-order valence-corrected chi connectivity index (χ3v) is 18.8. The summed E-state index contributed by atoms with van der Waals surface area (Å²) in [5.41, 5.74) is 15.9. The first-order valence-electron chi connectivity index (χ1n) is 29.4. The molecule has 8 bridgehead atoms. The van der Waals surface area contributed by atoms with E-state index >= 15 is 0 Å². The Bertz CT molecular complexity index is 2660. The maximum Gasteiger partial charge on any atom is 0.189 e. The van der Waals surface area contributed by atoms with Gasteiger partial charge in [0.1, 0.15) is 5.75 Å². The molecule has 10 rings (SSSR count). The minimum Gasteiger partial charge on any atom is -0.508 e. The number of ketones is 1. The molecule has 8 unspecified atom stereocenters. The Labute approximate surface area is 447 Å². The van der Waals surface area contributed by atoms with E-state index in [1.807, 2.05) is 25.1 Å². The van der Waals surface area contributed by atoms with Crippen molar-refractivity contribution in [2.75, 3.05) is 19.8 Å². The van der Waals surface area contributed by atoms with Crippen molar-refractivity contribution in [2.45, 2.75) is 197 Å². The van der Waals surface area contributed by atoms with Crippen molar-refractivity contribution in [3.8, 4) is 29.1 Å². The highest BCUT2D eigenvalue weighted by Gasteiger charge is 2.49. The van der Waals surface area contributed by atoms with E-state index in [0.717, 1.165) is 118 Å². The number of benzene rings is 3. The summed E-state index contributed by atoms with van der Waals surface area (Å²) in [5.74, 6) is 8.58. The zero-order valence-electron chi connectivity index (χ0n) is 45.0. The summed E-state index contributed by atoms with van der Waals surface area (Å²) in [7, 11) is 0. The second kappa shape index (κ2) is 24.1. The van der Waals surface area contributed by atoms with Crippen LogP contribution in [0.3, 0.4) is 0 Å². The monoisotopic (exact) mass is 1020 g/mol. The van der Waals surface area contributed by atoms with Gasteiger partial charge in [-0.1, -0.05) is 106 Å². The molecule has 0 amide bonds. The summed E-state index contributed by atoms with van der Waals surface area (Å²) in [5, 5.41) is 49.1. The van der Waals surface area contributed by atoms with Crippen LogP contribution in [0.25, 0.3) is 0 Å². The van der Waals surface area contributed by atoms with Crippen molar-refractivity contribution in [3.05, 3.63) is 111 Å². The Morgan fingerprint density at radius 3 is 2.48 bits per heavy atom. The number of fused-ring (bicyclic) bond motifs is 11. The van der Waals surface area contributed by atoms with E-state index in [1.54, 1.807) is 6.08 Å². The number of aromatic hydroxyl groups is 2. The summed E-state index contributed by atoms with van der Waals surface area (Å²) in [6.45, 7) is 4.65. The number of aliphatic imine (C=N–C) groups is 1. The normalized spacial score (nSPS) is 27.3. The van der Waals surface area contributed by atoms with Crippen molar-refractivity contribution in [3.63, 3.8) is 0 Å². The average molecular weight is 1020 g/mol. The highest BCUT2D eigenvalue weighted by Crippen LogP contribution is 2.60. The van der Waals surface area contributed by atoms with Crippen LogP contribution in [0.2, 0.25) is 0 Å². The second-order valence-corrected chi connectivity index (χ2v) is 24.0. The second-order valence-electron chi connectivity index (χ2n) is 24.0. The van der Waals surface area contributed by atoms with Gasteiger partial charge in [-0.05, 0) is 184 Å². The Morgan fingerprint density at radius 1 is 0.933 bits per heavy atom. The lowest BCUT2D eigenvalue weighted by Gasteiger charge is -2.50. The minimum atomic E-state index is -0.376. The molecule has 6 aliphatic carbocycles. The molecule has 10 heteroatoms. The number of phenols is 2. The Morgan fingerprint density at radius 2 is 1.71 bits per heavy atom. The van der Waals surface area contributed by atoms with Gasteiger partial charge < -0.3 is 41.0 Å². The molecule has 7 aliphatic rings. The number of aryl methyl sites for hydroxylation is 1. The van der Waals surface area contributed by atoms with Crippen LogP contribution >= 0.6 is 0 Å². The van der Waals surface area contributed by atoms with Crippen molar-refractivity contribution in [2.24, 2.45) is 40.3 Å². The molecule has 1 spiro atoms. The molecule has 1 aliphatic heterocycles. The van der Waals surface area contributed by atoms with Gasteiger partial charge in [-0.3, -0.25) is 4.79 Å². The molecule has 1 heterocycles. The van der Waals surface area contributed by atoms with Gasteiger partial charge in [-0.2, -0.15) is 0 Å². The van der Waals surface area contributed by atoms with Crippen molar-refractivity contribution in [1.29, 1.82) is 0 Å². The summed E-state index contributed by atoms with van der Waals surface area (Å²) in [4.78, 5) is 19.6. The van der Waals surface area contributed by atoms with Crippen LogP contribution in [0, 0.1) is 41.4 Å². The zero-order chi connectivity index (χ0) is 52.1. The standard InChI is InChI=1S/C65H85N3O7/c1-3-44(24-27-69)48(39-70)36-51(71)23-22-45-38-60(75-54-19-8-9-20-54)63(73)62-55(45)21-13-16-50-34-47-37-57-56(28-41(2)29-58(57)61(62)59(47)40-74-53-17-6-4-7-18-53)46-31-43(33-52(72)35-46)30-42-14-12-15-49(32-42)65(68-64(66)67-50)25-10-5-11-26-65/h12,14-15,31-33,35-38,41,44,47,50,53-54,56,58-59,61,69-70,72-73H,3-11,16-20,22-30,34,39-40H2,1-2H3,(H3,66,67,68). The molecule has 4 fully saturated rings. The van der Waals surface area contributed by atoms with E-state index in [0.29, 0.717) is 68.3 Å². The number of aliphatic hydroxyl groups excluding tert-OH is 2. The third kappa shape index (κ3) is 12.1. The number of guanidine groups is 1. The van der Waals surface area contributed by atoms with Crippen LogP contribution in [0.15, 0.2) is 76.8 Å². The lowest BCUT2D eigenvalue weighted by molar-refractivity contribution is -0.114. The molecule has 402 valence electrons. The minimum absolute atomic E-state index is 0.00834. The van der Waals surface area contributed by atoms with Gasteiger partial charge in [0, 0.05) is 42.4 Å². The van der Waals surface area contributed by atoms with Gasteiger partial charge in [0.25, 0.3) is 0 Å². The van der Waals surface area contributed by atoms with Crippen LogP contribution in [-0.2, 0) is 27.9 Å².